The number of carbonyl (C=O) groups excluding carboxylic acids is 1. The van der Waals surface area contributed by atoms with E-state index in [0.29, 0.717) is 17.7 Å². The first kappa shape index (κ1) is 7.28. The van der Waals surface area contributed by atoms with Gasteiger partial charge in [0, 0.05) is 0 Å². The Kier molecular flexibility index (Phi) is 2.06. The van der Waals surface area contributed by atoms with E-state index in [1.165, 1.54) is 6.26 Å². The van der Waals surface area contributed by atoms with Gasteiger partial charge in [0.05, 0.1) is 11.3 Å². The summed E-state index contributed by atoms with van der Waals surface area (Å²) in [5.41, 5.74) is 0.976. The minimum absolute atomic E-state index is 0.365. The number of halogens is 1. The smallest absolute Gasteiger partial charge is 0.257 e. The molecule has 4 heteroatoms. The molecule has 1 aromatic heterocycles. The van der Waals surface area contributed by atoms with E-state index < -0.39 is 5.24 Å². The number of hydrogen-bond donors (Lipinski definition) is 0. The molecule has 0 aliphatic carbocycles. The first-order valence-electron chi connectivity index (χ1n) is 2.88. The van der Waals surface area contributed by atoms with Gasteiger partial charge in [-0.3, -0.25) is 4.79 Å². The number of carbonyl (C=O) groups is 1. The molecule has 0 amide bonds. The van der Waals surface area contributed by atoms with Crippen molar-refractivity contribution >= 4 is 16.8 Å². The lowest BCUT2D eigenvalue weighted by atomic mass is 10.2. The second-order valence-corrected chi connectivity index (χ2v) is 2.15. The third-order valence-electron chi connectivity index (χ3n) is 1.19. The molecule has 0 aliphatic rings. The Morgan fingerprint density at radius 3 is 3.00 bits per heavy atom. The van der Waals surface area contributed by atoms with Crippen LogP contribution in [0.25, 0.3) is 0 Å². The lowest BCUT2D eigenvalue weighted by molar-refractivity contribution is 0.108. The lowest BCUT2D eigenvalue weighted by Gasteiger charge is -1.86. The minimum Gasteiger partial charge on any atom is -0.364 e. The van der Waals surface area contributed by atoms with Gasteiger partial charge in [-0.2, -0.15) is 0 Å². The van der Waals surface area contributed by atoms with Gasteiger partial charge >= 0.3 is 0 Å². The van der Waals surface area contributed by atoms with Gasteiger partial charge < -0.3 is 4.52 Å². The van der Waals surface area contributed by atoms with Crippen LogP contribution in [0.1, 0.15) is 23.0 Å². The van der Waals surface area contributed by atoms with Crippen molar-refractivity contribution in [3.8, 4) is 0 Å². The van der Waals surface area contributed by atoms with Crippen LogP contribution in [-0.4, -0.2) is 10.4 Å². The van der Waals surface area contributed by atoms with E-state index in [1.54, 1.807) is 0 Å². The van der Waals surface area contributed by atoms with E-state index >= 15 is 0 Å². The molecule has 0 spiro atoms. The third kappa shape index (κ3) is 1.19. The maximum Gasteiger partial charge on any atom is 0.257 e. The van der Waals surface area contributed by atoms with E-state index in [0.717, 1.165) is 0 Å². The van der Waals surface area contributed by atoms with Crippen molar-refractivity contribution in [2.24, 2.45) is 0 Å². The molecule has 0 radical (unpaired) electrons. The maximum absolute atomic E-state index is 10.6. The standard InChI is InChI=1S/C6H6ClNO2/c1-2-5-4(6(7)9)3-10-8-5/h3H,2H2,1H3. The van der Waals surface area contributed by atoms with Crippen LogP contribution in [0.15, 0.2) is 10.8 Å². The van der Waals surface area contributed by atoms with Gasteiger partial charge in [0.25, 0.3) is 5.24 Å². The Morgan fingerprint density at radius 2 is 2.60 bits per heavy atom. The van der Waals surface area contributed by atoms with Gasteiger partial charge in [-0.25, -0.2) is 0 Å². The summed E-state index contributed by atoms with van der Waals surface area (Å²) in [6.45, 7) is 1.88. The summed E-state index contributed by atoms with van der Waals surface area (Å²) in [7, 11) is 0. The fourth-order valence-corrected chi connectivity index (χ4v) is 0.828. The van der Waals surface area contributed by atoms with E-state index in [4.69, 9.17) is 11.6 Å². The molecular weight excluding hydrogens is 154 g/mol. The molecule has 0 bridgehead atoms. The van der Waals surface area contributed by atoms with Crippen LogP contribution in [0.5, 0.6) is 0 Å². The van der Waals surface area contributed by atoms with Gasteiger partial charge in [-0.1, -0.05) is 12.1 Å². The molecule has 0 fully saturated rings. The molecule has 3 nitrogen and oxygen atoms in total. The lowest BCUT2D eigenvalue weighted by Crippen LogP contribution is -1.91. The molecule has 0 unspecified atom stereocenters. The molecule has 0 saturated heterocycles. The minimum atomic E-state index is -0.516. The summed E-state index contributed by atoms with van der Waals surface area (Å²) < 4.78 is 4.54. The Morgan fingerprint density at radius 1 is 1.90 bits per heavy atom. The molecule has 54 valence electrons. The Labute approximate surface area is 63.0 Å². The van der Waals surface area contributed by atoms with Crippen LogP contribution in [0.3, 0.4) is 0 Å². The zero-order valence-corrected chi connectivity index (χ0v) is 6.18. The van der Waals surface area contributed by atoms with E-state index in [2.05, 4.69) is 9.68 Å². The molecule has 10 heavy (non-hydrogen) atoms. The summed E-state index contributed by atoms with van der Waals surface area (Å²) in [5.74, 6) is 0. The topological polar surface area (TPSA) is 43.1 Å². The monoisotopic (exact) mass is 159 g/mol. The first-order chi connectivity index (χ1) is 4.75. The summed E-state index contributed by atoms with van der Waals surface area (Å²) >= 11 is 5.19. The third-order valence-corrected chi connectivity index (χ3v) is 1.39. The normalized spacial score (nSPS) is 9.80. The number of rotatable bonds is 2. The maximum atomic E-state index is 10.6. The van der Waals surface area contributed by atoms with Gasteiger partial charge in [0.1, 0.15) is 6.26 Å². The van der Waals surface area contributed by atoms with Gasteiger partial charge in [0.2, 0.25) is 0 Å². The predicted octanol–water partition coefficient (Wildman–Crippen LogP) is 1.62. The Hall–Kier alpha value is -0.830. The molecule has 0 N–H and O–H groups in total. The molecule has 1 heterocycles. The van der Waals surface area contributed by atoms with Crippen LogP contribution in [0.4, 0.5) is 0 Å². The summed E-state index contributed by atoms with van der Waals surface area (Å²) in [6, 6.07) is 0. The molecule has 1 aromatic rings. The van der Waals surface area contributed by atoms with Crippen molar-refractivity contribution in [2.75, 3.05) is 0 Å². The van der Waals surface area contributed by atoms with Gasteiger partial charge in [0.15, 0.2) is 0 Å². The van der Waals surface area contributed by atoms with Crippen LogP contribution in [0.2, 0.25) is 0 Å². The zero-order chi connectivity index (χ0) is 7.56. The van der Waals surface area contributed by atoms with Crippen molar-refractivity contribution < 1.29 is 9.32 Å². The molecule has 1 rings (SSSR count). The highest BCUT2D eigenvalue weighted by molar-refractivity contribution is 6.67. The highest BCUT2D eigenvalue weighted by Gasteiger charge is 2.10. The highest BCUT2D eigenvalue weighted by Crippen LogP contribution is 2.09. The molecule has 0 aromatic carbocycles. The Bertz CT molecular complexity index is 244. The van der Waals surface area contributed by atoms with E-state index in [-0.39, 0.29) is 0 Å². The highest BCUT2D eigenvalue weighted by atomic mass is 35.5. The molecule has 0 saturated carbocycles. The van der Waals surface area contributed by atoms with Gasteiger partial charge in [-0.05, 0) is 18.0 Å². The van der Waals surface area contributed by atoms with Crippen LogP contribution >= 0.6 is 11.6 Å². The fourth-order valence-electron chi connectivity index (χ4n) is 0.675. The Balaban J connectivity index is 3.01. The van der Waals surface area contributed by atoms with Crippen molar-refractivity contribution in [1.29, 1.82) is 0 Å². The fraction of sp³-hybridized carbons (Fsp3) is 0.333. The average molecular weight is 160 g/mol. The second kappa shape index (κ2) is 2.84. The number of aryl methyl sites for hydroxylation is 1. The van der Waals surface area contributed by atoms with Crippen LogP contribution in [0, 0.1) is 0 Å². The second-order valence-electron chi connectivity index (χ2n) is 1.80. The summed E-state index contributed by atoms with van der Waals surface area (Å²) in [6.07, 6.45) is 1.92. The average Bonchev–Trinajstić information content (AvgIpc) is 2.33. The molecule has 0 atom stereocenters. The summed E-state index contributed by atoms with van der Waals surface area (Å²) in [4.78, 5) is 10.6. The van der Waals surface area contributed by atoms with Crippen molar-refractivity contribution in [1.82, 2.24) is 5.16 Å². The number of nitrogens with zero attached hydrogens (tertiary/aromatic N) is 1. The van der Waals surface area contributed by atoms with Crippen molar-refractivity contribution in [3.05, 3.63) is 17.5 Å². The number of hydrogen-bond acceptors (Lipinski definition) is 3. The zero-order valence-electron chi connectivity index (χ0n) is 5.43. The van der Waals surface area contributed by atoms with Gasteiger partial charge in [-0.15, -0.1) is 0 Å². The largest absolute Gasteiger partial charge is 0.364 e. The van der Waals surface area contributed by atoms with Crippen molar-refractivity contribution in [3.63, 3.8) is 0 Å². The molecular formula is C6H6ClNO2. The SMILES string of the molecule is CCc1nocc1C(=O)Cl. The first-order valence-corrected chi connectivity index (χ1v) is 3.26. The molecule has 0 aliphatic heterocycles. The predicted molar refractivity (Wildman–Crippen MR) is 36.1 cm³/mol. The van der Waals surface area contributed by atoms with E-state index in [9.17, 15) is 4.79 Å². The van der Waals surface area contributed by atoms with E-state index in [1.807, 2.05) is 6.92 Å². The quantitative estimate of drug-likeness (QED) is 0.616. The number of aromatic nitrogens is 1. The van der Waals surface area contributed by atoms with Crippen LogP contribution < -0.4 is 0 Å². The van der Waals surface area contributed by atoms with Crippen LogP contribution in [-0.2, 0) is 6.42 Å². The summed E-state index contributed by atoms with van der Waals surface area (Å²) in [5, 5.41) is 3.06. The van der Waals surface area contributed by atoms with Crippen molar-refractivity contribution in [2.45, 2.75) is 13.3 Å².